The number of aromatic nitrogens is 2. The zero-order chi connectivity index (χ0) is 24.5. The first-order valence-electron chi connectivity index (χ1n) is 12.0. The number of rotatable bonds is 5. The first-order chi connectivity index (χ1) is 17.5. The Morgan fingerprint density at radius 1 is 1.00 bits per heavy atom. The summed E-state index contributed by atoms with van der Waals surface area (Å²) in [4.78, 5) is 12.0. The van der Waals surface area contributed by atoms with E-state index in [2.05, 4.69) is 32.1 Å². The van der Waals surface area contributed by atoms with E-state index in [0.717, 1.165) is 56.5 Å². The van der Waals surface area contributed by atoms with Crippen LogP contribution in [0, 0.1) is 12.0 Å². The average Bonchev–Trinajstić information content (AvgIpc) is 3.62. The molecule has 0 saturated carbocycles. The number of nitrogens with zero attached hydrogens (tertiary/aromatic N) is 4. The van der Waals surface area contributed by atoms with Crippen molar-refractivity contribution >= 4 is 48.8 Å². The molecule has 0 radical (unpaired) electrons. The monoisotopic (exact) mass is 515 g/mol. The molecule has 182 valence electrons. The van der Waals surface area contributed by atoms with Crippen LogP contribution < -0.4 is 9.62 Å². The van der Waals surface area contributed by atoms with Gasteiger partial charge in [-0.1, -0.05) is 30.3 Å². The summed E-state index contributed by atoms with van der Waals surface area (Å²) in [6.45, 7) is 2.53. The predicted molar refractivity (Wildman–Crippen MR) is 145 cm³/mol. The summed E-state index contributed by atoms with van der Waals surface area (Å²) in [5.41, 5.74) is 4.28. The van der Waals surface area contributed by atoms with E-state index in [1.54, 1.807) is 17.7 Å². The van der Waals surface area contributed by atoms with Crippen LogP contribution >= 0.6 is 11.3 Å². The summed E-state index contributed by atoms with van der Waals surface area (Å²) in [6.07, 6.45) is 4.64. The van der Waals surface area contributed by atoms with Gasteiger partial charge in [0, 0.05) is 31.4 Å². The van der Waals surface area contributed by atoms with Crippen molar-refractivity contribution in [2.75, 3.05) is 29.3 Å². The minimum absolute atomic E-state index is 0.00639. The normalized spacial score (nSPS) is 15.1. The van der Waals surface area contributed by atoms with Crippen molar-refractivity contribution in [3.05, 3.63) is 76.9 Å². The molecule has 0 spiro atoms. The van der Waals surface area contributed by atoms with E-state index in [4.69, 9.17) is 0 Å². The number of nitrogens with one attached hydrogen (secondary N) is 1. The van der Waals surface area contributed by atoms with Crippen LogP contribution in [0.25, 0.3) is 10.2 Å². The molecule has 1 N–H and O–H groups in total. The van der Waals surface area contributed by atoms with Crippen molar-refractivity contribution < 1.29 is 8.42 Å². The summed E-state index contributed by atoms with van der Waals surface area (Å²) in [7, 11) is -3.46. The molecule has 4 heterocycles. The number of likely N-dealkylation sites (tertiary alicyclic amines) is 1. The Labute approximate surface area is 214 Å². The lowest BCUT2D eigenvalue weighted by atomic mass is 10.1. The first-order valence-corrected chi connectivity index (χ1v) is 14.4. The second-order valence-corrected chi connectivity index (χ2v) is 12.0. The van der Waals surface area contributed by atoms with Crippen molar-refractivity contribution in [3.8, 4) is 12.0 Å². The van der Waals surface area contributed by atoms with Crippen molar-refractivity contribution in [3.63, 3.8) is 0 Å². The number of hydrogen-bond donors (Lipinski definition) is 1. The SMILES string of the molecule is O=S(=O)(Cc1ccccc1)N1CCc2cc(Nc3ncnc4cc(C#CN5CCCC5)sc34)ccc21. The van der Waals surface area contributed by atoms with Gasteiger partial charge in [-0.2, -0.15) is 0 Å². The Bertz CT molecular complexity index is 1580. The fourth-order valence-electron chi connectivity index (χ4n) is 4.71. The van der Waals surface area contributed by atoms with Crippen LogP contribution in [0.1, 0.15) is 28.8 Å². The molecule has 9 heteroatoms. The van der Waals surface area contributed by atoms with E-state index < -0.39 is 10.0 Å². The largest absolute Gasteiger partial charge is 0.339 e. The van der Waals surface area contributed by atoms with E-state index in [1.165, 1.54) is 17.1 Å². The first kappa shape index (κ1) is 22.8. The van der Waals surface area contributed by atoms with Gasteiger partial charge in [-0.05, 0) is 60.6 Å². The number of hydrogen-bond acceptors (Lipinski definition) is 7. The van der Waals surface area contributed by atoms with Gasteiger partial charge in [0.1, 0.15) is 6.33 Å². The lowest BCUT2D eigenvalue weighted by Crippen LogP contribution is -2.30. The van der Waals surface area contributed by atoms with Crippen LogP contribution in [0.4, 0.5) is 17.2 Å². The third kappa shape index (κ3) is 4.62. The van der Waals surface area contributed by atoms with E-state index in [9.17, 15) is 8.42 Å². The van der Waals surface area contributed by atoms with E-state index in [1.807, 2.05) is 54.6 Å². The van der Waals surface area contributed by atoms with Gasteiger partial charge in [-0.3, -0.25) is 4.31 Å². The van der Waals surface area contributed by atoms with Crippen molar-refractivity contribution in [2.45, 2.75) is 25.0 Å². The summed E-state index contributed by atoms with van der Waals surface area (Å²) in [6, 6.07) is 20.4. The standard InChI is InChI=1S/C27H25N5O2S2/c33-36(34,18-20-6-2-1-3-7-20)32-15-10-21-16-22(8-9-25(21)32)30-27-26-24(28-19-29-27)17-23(35-26)11-14-31-12-4-5-13-31/h1-3,6-9,16-17,19H,4-5,10,12-13,15,18H2,(H,28,29,30). The number of thiophene rings is 1. The molecule has 36 heavy (non-hydrogen) atoms. The molecule has 2 aromatic heterocycles. The fourth-order valence-corrected chi connectivity index (χ4v) is 7.23. The summed E-state index contributed by atoms with van der Waals surface area (Å²) in [5.74, 6) is 3.99. The topological polar surface area (TPSA) is 78.4 Å². The van der Waals surface area contributed by atoms with Gasteiger partial charge >= 0.3 is 0 Å². The maximum absolute atomic E-state index is 13.1. The Balaban J connectivity index is 1.22. The zero-order valence-electron chi connectivity index (χ0n) is 19.6. The quantitative estimate of drug-likeness (QED) is 0.387. The molecule has 0 bridgehead atoms. The fraction of sp³-hybridized carbons (Fsp3) is 0.259. The average molecular weight is 516 g/mol. The van der Waals surface area contributed by atoms with E-state index in [-0.39, 0.29) is 5.75 Å². The van der Waals surface area contributed by atoms with E-state index >= 15 is 0 Å². The third-order valence-electron chi connectivity index (χ3n) is 6.48. The van der Waals surface area contributed by atoms with Gasteiger partial charge in [0.2, 0.25) is 10.0 Å². The van der Waals surface area contributed by atoms with Crippen LogP contribution in [0.3, 0.4) is 0 Å². The van der Waals surface area contributed by atoms with Crippen LogP contribution in [-0.4, -0.2) is 42.9 Å². The molecule has 1 saturated heterocycles. The molecule has 2 aromatic carbocycles. The van der Waals surface area contributed by atoms with Crippen LogP contribution in [0.2, 0.25) is 0 Å². The molecule has 1 fully saturated rings. The second-order valence-electron chi connectivity index (χ2n) is 9.01. The third-order valence-corrected chi connectivity index (χ3v) is 9.27. The lowest BCUT2D eigenvalue weighted by molar-refractivity contribution is 0.496. The van der Waals surface area contributed by atoms with Crippen LogP contribution in [0.5, 0.6) is 0 Å². The van der Waals surface area contributed by atoms with Gasteiger partial charge in [0.05, 0.1) is 26.5 Å². The van der Waals surface area contributed by atoms with E-state index in [0.29, 0.717) is 13.0 Å². The minimum Gasteiger partial charge on any atom is -0.339 e. The summed E-state index contributed by atoms with van der Waals surface area (Å²) in [5, 5.41) is 3.41. The van der Waals surface area contributed by atoms with Gasteiger partial charge in [0.15, 0.2) is 5.82 Å². The molecule has 6 rings (SSSR count). The van der Waals surface area contributed by atoms with Gasteiger partial charge in [0.25, 0.3) is 0 Å². The highest BCUT2D eigenvalue weighted by Crippen LogP contribution is 2.36. The highest BCUT2D eigenvalue weighted by atomic mass is 32.2. The Kier molecular flexibility index (Phi) is 5.99. The maximum atomic E-state index is 13.1. The Morgan fingerprint density at radius 2 is 1.83 bits per heavy atom. The number of anilines is 3. The Hall–Kier alpha value is -3.61. The molecule has 4 aromatic rings. The predicted octanol–water partition coefficient (Wildman–Crippen LogP) is 4.73. The van der Waals surface area contributed by atoms with Gasteiger partial charge in [-0.15, -0.1) is 11.3 Å². The van der Waals surface area contributed by atoms with Crippen LogP contribution in [0.15, 0.2) is 60.9 Å². The Morgan fingerprint density at radius 3 is 2.67 bits per heavy atom. The number of benzene rings is 2. The molecule has 0 aliphatic carbocycles. The van der Waals surface area contributed by atoms with Gasteiger partial charge < -0.3 is 10.2 Å². The van der Waals surface area contributed by atoms with Crippen molar-refractivity contribution in [1.29, 1.82) is 0 Å². The lowest BCUT2D eigenvalue weighted by Gasteiger charge is -2.20. The van der Waals surface area contributed by atoms with Crippen LogP contribution in [-0.2, 0) is 22.2 Å². The van der Waals surface area contributed by atoms with Crippen molar-refractivity contribution in [2.24, 2.45) is 0 Å². The van der Waals surface area contributed by atoms with Crippen molar-refractivity contribution in [1.82, 2.24) is 14.9 Å². The molecule has 0 atom stereocenters. The molecular formula is C27H25N5O2S2. The summed E-state index contributed by atoms with van der Waals surface area (Å²) < 4.78 is 28.7. The smallest absolute Gasteiger partial charge is 0.239 e. The highest BCUT2D eigenvalue weighted by Gasteiger charge is 2.29. The molecule has 0 amide bonds. The second kappa shape index (κ2) is 9.45. The molecule has 0 unspecified atom stereocenters. The highest BCUT2D eigenvalue weighted by molar-refractivity contribution is 7.92. The number of sulfonamides is 1. The molecule has 7 nitrogen and oxygen atoms in total. The minimum atomic E-state index is -3.46. The number of fused-ring (bicyclic) bond motifs is 2. The molecule has 2 aliphatic rings. The molecular weight excluding hydrogens is 490 g/mol. The summed E-state index contributed by atoms with van der Waals surface area (Å²) >= 11 is 1.58. The maximum Gasteiger partial charge on any atom is 0.239 e. The molecule has 2 aliphatic heterocycles. The zero-order valence-corrected chi connectivity index (χ0v) is 21.3. The van der Waals surface area contributed by atoms with Gasteiger partial charge in [-0.25, -0.2) is 18.4 Å².